The third-order valence-corrected chi connectivity index (χ3v) is 4.38. The molecule has 1 aromatic rings. The summed E-state index contributed by atoms with van der Waals surface area (Å²) < 4.78 is 12.2. The summed E-state index contributed by atoms with van der Waals surface area (Å²) in [5.41, 5.74) is 7.44. The first-order chi connectivity index (χ1) is 9.70. The second-order valence-corrected chi connectivity index (χ2v) is 6.15. The molecule has 0 spiro atoms. The van der Waals surface area contributed by atoms with Crippen LogP contribution in [0.5, 0.6) is 5.75 Å². The molecule has 0 aromatic heterocycles. The molecule has 1 aliphatic heterocycles. The van der Waals surface area contributed by atoms with Crippen molar-refractivity contribution >= 4 is 15.9 Å². The first-order valence-corrected chi connectivity index (χ1v) is 8.29. The largest absolute Gasteiger partial charge is 0.493 e. The Hall–Kier alpha value is -0.580. The smallest absolute Gasteiger partial charge is 0.133 e. The van der Waals surface area contributed by atoms with Gasteiger partial charge in [-0.3, -0.25) is 0 Å². The molecule has 0 amide bonds. The molecule has 0 radical (unpaired) electrons. The van der Waals surface area contributed by atoms with E-state index in [1.54, 1.807) is 0 Å². The molecule has 2 rings (SSSR count). The van der Waals surface area contributed by atoms with Gasteiger partial charge < -0.3 is 15.2 Å². The molecule has 20 heavy (non-hydrogen) atoms. The summed E-state index contributed by atoms with van der Waals surface area (Å²) in [4.78, 5) is 0. The van der Waals surface area contributed by atoms with Gasteiger partial charge in [0.25, 0.3) is 0 Å². The predicted molar refractivity (Wildman–Crippen MR) is 85.1 cm³/mol. The minimum atomic E-state index is 0.0625. The molecule has 2 N–H and O–H groups in total. The zero-order valence-corrected chi connectivity index (χ0v) is 13.7. The molecular weight excluding hydrogens is 318 g/mol. The molecule has 1 saturated heterocycles. The van der Waals surface area contributed by atoms with Crippen LogP contribution in [0.25, 0.3) is 0 Å². The molecular formula is C16H24BrNO2. The van der Waals surface area contributed by atoms with Crippen LogP contribution in [0, 0.1) is 0 Å². The molecule has 1 fully saturated rings. The summed E-state index contributed by atoms with van der Waals surface area (Å²) in [6, 6.07) is 6.17. The average molecular weight is 342 g/mol. The highest BCUT2D eigenvalue weighted by atomic mass is 79.9. The quantitative estimate of drug-likeness (QED) is 0.843. The lowest BCUT2D eigenvalue weighted by atomic mass is 9.98. The predicted octanol–water partition coefficient (Wildman–Crippen LogP) is 4.20. The maximum Gasteiger partial charge on any atom is 0.133 e. The van der Waals surface area contributed by atoms with Crippen LogP contribution in [0.15, 0.2) is 22.7 Å². The molecule has 1 aromatic carbocycles. The SMILES string of the molecule is CCOc1ccc(C(N)CCC2CCCCO2)cc1Br. The Morgan fingerprint density at radius 3 is 2.95 bits per heavy atom. The summed E-state index contributed by atoms with van der Waals surface area (Å²) in [5, 5.41) is 0. The maximum absolute atomic E-state index is 6.29. The third kappa shape index (κ3) is 4.47. The van der Waals surface area contributed by atoms with Gasteiger partial charge in [-0.1, -0.05) is 6.07 Å². The normalized spacial score (nSPS) is 20.6. The van der Waals surface area contributed by atoms with Crippen molar-refractivity contribution in [1.29, 1.82) is 0 Å². The fourth-order valence-electron chi connectivity index (χ4n) is 2.59. The van der Waals surface area contributed by atoms with Crippen LogP contribution in [0.2, 0.25) is 0 Å². The van der Waals surface area contributed by atoms with Crippen molar-refractivity contribution in [1.82, 2.24) is 0 Å². The fraction of sp³-hybridized carbons (Fsp3) is 0.625. The van der Waals surface area contributed by atoms with E-state index in [0.29, 0.717) is 12.7 Å². The lowest BCUT2D eigenvalue weighted by Crippen LogP contribution is -2.21. The van der Waals surface area contributed by atoms with Gasteiger partial charge in [0.2, 0.25) is 0 Å². The lowest BCUT2D eigenvalue weighted by Gasteiger charge is -2.24. The van der Waals surface area contributed by atoms with E-state index in [1.165, 1.54) is 19.3 Å². The highest BCUT2D eigenvalue weighted by molar-refractivity contribution is 9.10. The van der Waals surface area contributed by atoms with Crippen molar-refractivity contribution in [3.8, 4) is 5.75 Å². The molecule has 4 heteroatoms. The topological polar surface area (TPSA) is 44.5 Å². The highest BCUT2D eigenvalue weighted by Gasteiger charge is 2.16. The van der Waals surface area contributed by atoms with E-state index in [-0.39, 0.29) is 6.04 Å². The monoisotopic (exact) mass is 341 g/mol. The second-order valence-electron chi connectivity index (χ2n) is 5.30. The van der Waals surface area contributed by atoms with Gasteiger partial charge in [-0.15, -0.1) is 0 Å². The number of halogens is 1. The van der Waals surface area contributed by atoms with Crippen LogP contribution in [0.4, 0.5) is 0 Å². The van der Waals surface area contributed by atoms with E-state index in [0.717, 1.165) is 35.2 Å². The Morgan fingerprint density at radius 1 is 1.45 bits per heavy atom. The minimum Gasteiger partial charge on any atom is -0.493 e. The molecule has 0 saturated carbocycles. The Morgan fingerprint density at radius 2 is 2.30 bits per heavy atom. The number of hydrogen-bond acceptors (Lipinski definition) is 3. The van der Waals surface area contributed by atoms with Crippen LogP contribution in [-0.2, 0) is 4.74 Å². The summed E-state index contributed by atoms with van der Waals surface area (Å²) in [7, 11) is 0. The molecule has 112 valence electrons. The zero-order valence-electron chi connectivity index (χ0n) is 12.1. The van der Waals surface area contributed by atoms with Crippen LogP contribution in [0.3, 0.4) is 0 Å². The Kier molecular flexibility index (Phi) is 6.33. The van der Waals surface area contributed by atoms with Gasteiger partial charge in [-0.05, 0) is 72.7 Å². The van der Waals surface area contributed by atoms with Crippen molar-refractivity contribution < 1.29 is 9.47 Å². The standard InChI is InChI=1S/C16H24BrNO2/c1-2-19-16-9-6-12(11-14(16)17)15(18)8-7-13-5-3-4-10-20-13/h6,9,11,13,15H,2-5,7-8,10,18H2,1H3. The third-order valence-electron chi connectivity index (χ3n) is 3.76. The molecule has 1 heterocycles. The van der Waals surface area contributed by atoms with Crippen molar-refractivity contribution in [3.63, 3.8) is 0 Å². The van der Waals surface area contributed by atoms with Crippen LogP contribution in [-0.4, -0.2) is 19.3 Å². The molecule has 0 aliphatic carbocycles. The van der Waals surface area contributed by atoms with E-state index < -0.39 is 0 Å². The Balaban J connectivity index is 1.88. The molecule has 2 unspecified atom stereocenters. The van der Waals surface area contributed by atoms with E-state index in [4.69, 9.17) is 15.2 Å². The fourth-order valence-corrected chi connectivity index (χ4v) is 3.10. The summed E-state index contributed by atoms with van der Waals surface area (Å²) >= 11 is 3.54. The van der Waals surface area contributed by atoms with Gasteiger partial charge in [-0.2, -0.15) is 0 Å². The lowest BCUT2D eigenvalue weighted by molar-refractivity contribution is 0.00912. The van der Waals surface area contributed by atoms with E-state index in [2.05, 4.69) is 28.1 Å². The van der Waals surface area contributed by atoms with Crippen molar-refractivity contribution in [3.05, 3.63) is 28.2 Å². The molecule has 0 bridgehead atoms. The van der Waals surface area contributed by atoms with E-state index >= 15 is 0 Å². The van der Waals surface area contributed by atoms with Gasteiger partial charge in [0.05, 0.1) is 17.2 Å². The van der Waals surface area contributed by atoms with Gasteiger partial charge in [0.1, 0.15) is 5.75 Å². The number of benzene rings is 1. The van der Waals surface area contributed by atoms with Crippen LogP contribution >= 0.6 is 15.9 Å². The van der Waals surface area contributed by atoms with Crippen molar-refractivity contribution in [2.24, 2.45) is 5.73 Å². The number of rotatable bonds is 6. The maximum atomic E-state index is 6.29. The first kappa shape index (κ1) is 15.8. The van der Waals surface area contributed by atoms with E-state index in [1.807, 2.05) is 13.0 Å². The molecule has 2 atom stereocenters. The number of nitrogens with two attached hydrogens (primary N) is 1. The summed E-state index contributed by atoms with van der Waals surface area (Å²) in [6.07, 6.45) is 6.08. The Bertz CT molecular complexity index is 419. The molecule has 3 nitrogen and oxygen atoms in total. The van der Waals surface area contributed by atoms with Crippen LogP contribution in [0.1, 0.15) is 50.6 Å². The number of ether oxygens (including phenoxy) is 2. The summed E-state index contributed by atoms with van der Waals surface area (Å²) in [6.45, 7) is 3.56. The minimum absolute atomic E-state index is 0.0625. The second kappa shape index (κ2) is 8.01. The van der Waals surface area contributed by atoms with E-state index in [9.17, 15) is 0 Å². The van der Waals surface area contributed by atoms with Gasteiger partial charge >= 0.3 is 0 Å². The zero-order chi connectivity index (χ0) is 14.4. The summed E-state index contributed by atoms with van der Waals surface area (Å²) in [5.74, 6) is 0.874. The average Bonchev–Trinajstić information content (AvgIpc) is 2.48. The van der Waals surface area contributed by atoms with Gasteiger partial charge in [0, 0.05) is 12.6 Å². The van der Waals surface area contributed by atoms with Gasteiger partial charge in [-0.25, -0.2) is 0 Å². The number of hydrogen-bond donors (Lipinski definition) is 1. The van der Waals surface area contributed by atoms with Crippen LogP contribution < -0.4 is 10.5 Å². The highest BCUT2D eigenvalue weighted by Crippen LogP contribution is 2.30. The van der Waals surface area contributed by atoms with Crippen molar-refractivity contribution in [2.75, 3.05) is 13.2 Å². The Labute approximate surface area is 130 Å². The van der Waals surface area contributed by atoms with Gasteiger partial charge in [0.15, 0.2) is 0 Å². The first-order valence-electron chi connectivity index (χ1n) is 7.50. The van der Waals surface area contributed by atoms with Crippen molar-refractivity contribution in [2.45, 2.75) is 51.2 Å². The molecule has 1 aliphatic rings.